The van der Waals surface area contributed by atoms with E-state index in [0.29, 0.717) is 18.1 Å². The van der Waals surface area contributed by atoms with Crippen LogP contribution in [0, 0.1) is 0 Å². The molecule has 0 saturated heterocycles. The molecule has 1 heterocycles. The van der Waals surface area contributed by atoms with Gasteiger partial charge in [0.1, 0.15) is 6.54 Å². The van der Waals surface area contributed by atoms with Crippen LogP contribution in [0.2, 0.25) is 0 Å². The number of amides is 1. The number of para-hydroxylation sites is 2. The lowest BCUT2D eigenvalue weighted by Crippen LogP contribution is -2.25. The van der Waals surface area contributed by atoms with Gasteiger partial charge in [0.25, 0.3) is 0 Å². The van der Waals surface area contributed by atoms with Crippen molar-refractivity contribution in [3.8, 4) is 0 Å². The molecule has 0 saturated carbocycles. The highest BCUT2D eigenvalue weighted by Crippen LogP contribution is 2.25. The topological polar surface area (TPSA) is 75.4 Å². The van der Waals surface area contributed by atoms with Crippen LogP contribution in [0.15, 0.2) is 59.8 Å². The van der Waals surface area contributed by atoms with Crippen LogP contribution >= 0.6 is 11.8 Å². The second kappa shape index (κ2) is 10.1. The summed E-state index contributed by atoms with van der Waals surface area (Å²) in [4.78, 5) is 29.8. The van der Waals surface area contributed by atoms with Gasteiger partial charge in [-0.1, -0.05) is 54.2 Å². The molecule has 0 atom stereocenters. The monoisotopic (exact) mass is 411 g/mol. The molecule has 0 spiro atoms. The molecule has 29 heavy (non-hydrogen) atoms. The molecule has 0 aliphatic carbocycles. The lowest BCUT2D eigenvalue weighted by atomic mass is 10.2. The van der Waals surface area contributed by atoms with Crippen molar-refractivity contribution in [3.05, 3.63) is 60.2 Å². The second-order valence-electron chi connectivity index (χ2n) is 6.90. The van der Waals surface area contributed by atoms with E-state index in [4.69, 9.17) is 0 Å². The van der Waals surface area contributed by atoms with Crippen molar-refractivity contribution in [3.63, 3.8) is 0 Å². The Morgan fingerprint density at radius 3 is 2.55 bits per heavy atom. The van der Waals surface area contributed by atoms with Gasteiger partial charge in [0.05, 0.1) is 11.0 Å². The maximum absolute atomic E-state index is 12.3. The number of carboxylic acids is 1. The summed E-state index contributed by atoms with van der Waals surface area (Å²) in [5.74, 6) is 0.0394. The Morgan fingerprint density at radius 1 is 1.07 bits per heavy atom. The van der Waals surface area contributed by atoms with Gasteiger partial charge in [-0.3, -0.25) is 9.59 Å². The third kappa shape index (κ3) is 5.84. The van der Waals surface area contributed by atoms with Gasteiger partial charge in [-0.05, 0) is 30.5 Å². The molecule has 0 unspecified atom stereocenters. The van der Waals surface area contributed by atoms with Gasteiger partial charge in [-0.2, -0.15) is 0 Å². The Hall–Kier alpha value is -2.80. The number of aromatic nitrogens is 2. The molecule has 152 valence electrons. The third-order valence-electron chi connectivity index (χ3n) is 4.62. The molecule has 0 bridgehead atoms. The highest BCUT2D eigenvalue weighted by molar-refractivity contribution is 7.99. The zero-order chi connectivity index (χ0) is 20.6. The first-order chi connectivity index (χ1) is 14.0. The summed E-state index contributed by atoms with van der Waals surface area (Å²) in [5.41, 5.74) is 2.75. The minimum atomic E-state index is -0.887. The molecule has 0 fully saturated rings. The number of benzene rings is 2. The molecular formula is C22H25N3O3S. The molecule has 6 nitrogen and oxygen atoms in total. The van der Waals surface area contributed by atoms with Gasteiger partial charge in [0.15, 0.2) is 5.16 Å². The Balaban J connectivity index is 1.47. The van der Waals surface area contributed by atoms with Crippen molar-refractivity contribution in [2.75, 3.05) is 12.8 Å². The lowest BCUT2D eigenvalue weighted by Gasteiger charge is -2.17. The van der Waals surface area contributed by atoms with Crippen molar-refractivity contribution in [2.24, 2.45) is 0 Å². The molecular weight excluding hydrogens is 386 g/mol. The van der Waals surface area contributed by atoms with Crippen LogP contribution in [0.25, 0.3) is 11.0 Å². The maximum Gasteiger partial charge on any atom is 0.323 e. The summed E-state index contributed by atoms with van der Waals surface area (Å²) in [6, 6.07) is 17.5. The number of rotatable bonds is 10. The van der Waals surface area contributed by atoms with E-state index in [2.05, 4.69) is 4.98 Å². The molecule has 0 radical (unpaired) electrons. The van der Waals surface area contributed by atoms with Crippen LogP contribution in [-0.2, 0) is 22.7 Å². The minimum absolute atomic E-state index is 0.106. The van der Waals surface area contributed by atoms with E-state index in [1.807, 2.05) is 61.6 Å². The van der Waals surface area contributed by atoms with E-state index < -0.39 is 5.97 Å². The summed E-state index contributed by atoms with van der Waals surface area (Å²) >= 11 is 1.54. The lowest BCUT2D eigenvalue weighted by molar-refractivity contribution is -0.137. The first kappa shape index (κ1) is 20.9. The maximum atomic E-state index is 12.3. The van der Waals surface area contributed by atoms with E-state index >= 15 is 0 Å². The predicted molar refractivity (Wildman–Crippen MR) is 115 cm³/mol. The Morgan fingerprint density at radius 2 is 1.79 bits per heavy atom. The quantitative estimate of drug-likeness (QED) is 0.402. The summed E-state index contributed by atoms with van der Waals surface area (Å²) in [5, 5.41) is 9.91. The van der Waals surface area contributed by atoms with Crippen LogP contribution in [0.5, 0.6) is 0 Å². The fourth-order valence-electron chi connectivity index (χ4n) is 3.13. The minimum Gasteiger partial charge on any atom is -0.480 e. The van der Waals surface area contributed by atoms with Crippen molar-refractivity contribution in [1.29, 1.82) is 0 Å². The van der Waals surface area contributed by atoms with Crippen molar-refractivity contribution in [1.82, 2.24) is 14.5 Å². The van der Waals surface area contributed by atoms with Gasteiger partial charge in [-0.15, -0.1) is 0 Å². The van der Waals surface area contributed by atoms with Gasteiger partial charge >= 0.3 is 5.97 Å². The number of fused-ring (bicyclic) bond motifs is 1. The first-order valence-electron chi connectivity index (χ1n) is 9.62. The number of imidazole rings is 1. The largest absolute Gasteiger partial charge is 0.480 e. The third-order valence-corrected chi connectivity index (χ3v) is 5.68. The number of carbonyl (C=O) groups excluding carboxylic acids is 1. The number of thioether (sulfide) groups is 1. The average Bonchev–Trinajstić information content (AvgIpc) is 3.05. The van der Waals surface area contributed by atoms with E-state index in [0.717, 1.165) is 35.2 Å². The van der Waals surface area contributed by atoms with E-state index in [1.165, 1.54) is 0 Å². The number of aliphatic carboxylic acids is 1. The van der Waals surface area contributed by atoms with E-state index in [-0.39, 0.29) is 12.5 Å². The van der Waals surface area contributed by atoms with Gasteiger partial charge in [0.2, 0.25) is 5.91 Å². The molecule has 1 aromatic heterocycles. The average molecular weight is 412 g/mol. The number of carboxylic acid groups (broad SMARTS) is 1. The Labute approximate surface area is 174 Å². The molecule has 3 rings (SSSR count). The van der Waals surface area contributed by atoms with E-state index in [9.17, 15) is 14.7 Å². The second-order valence-corrected chi connectivity index (χ2v) is 7.97. The number of carbonyl (C=O) groups is 2. The molecule has 2 aromatic carbocycles. The summed E-state index contributed by atoms with van der Waals surface area (Å²) in [6.45, 7) is 0.513. The normalized spacial score (nSPS) is 10.9. The highest BCUT2D eigenvalue weighted by atomic mass is 32.2. The fourth-order valence-corrected chi connectivity index (χ4v) is 4.14. The van der Waals surface area contributed by atoms with Gasteiger partial charge in [-0.25, -0.2) is 4.98 Å². The Kier molecular flexibility index (Phi) is 7.30. The zero-order valence-electron chi connectivity index (χ0n) is 16.5. The van der Waals surface area contributed by atoms with Gasteiger partial charge in [0, 0.05) is 25.8 Å². The first-order valence-corrected chi connectivity index (χ1v) is 10.6. The molecule has 7 heteroatoms. The van der Waals surface area contributed by atoms with Gasteiger partial charge < -0.3 is 14.6 Å². The summed E-state index contributed by atoms with van der Waals surface area (Å²) < 4.78 is 1.74. The number of unbranched alkanes of at least 4 members (excludes halogenated alkanes) is 1. The molecule has 3 aromatic rings. The Bertz CT molecular complexity index is 972. The van der Waals surface area contributed by atoms with Crippen LogP contribution in [-0.4, -0.2) is 44.2 Å². The SMILES string of the molecule is CN(Cc1ccccc1)C(=O)CCCCSc1nc2ccccc2n1CC(=O)O. The summed E-state index contributed by atoms with van der Waals surface area (Å²) in [6.07, 6.45) is 2.17. The zero-order valence-corrected chi connectivity index (χ0v) is 17.3. The molecule has 1 N–H and O–H groups in total. The highest BCUT2D eigenvalue weighted by Gasteiger charge is 2.14. The van der Waals surface area contributed by atoms with Crippen LogP contribution in [0.3, 0.4) is 0 Å². The standard InChI is InChI=1S/C22H25N3O3S/c1-24(15-17-9-3-2-4-10-17)20(26)13-7-8-14-29-22-23-18-11-5-6-12-19(18)25(22)16-21(27)28/h2-6,9-12H,7-8,13-16H2,1H3,(H,27,28). The van der Waals surface area contributed by atoms with Crippen molar-refractivity contribution < 1.29 is 14.7 Å². The number of hydrogen-bond acceptors (Lipinski definition) is 4. The molecule has 1 amide bonds. The molecule has 0 aliphatic heterocycles. The number of hydrogen-bond donors (Lipinski definition) is 1. The number of nitrogens with zero attached hydrogens (tertiary/aromatic N) is 3. The van der Waals surface area contributed by atoms with Crippen LogP contribution < -0.4 is 0 Å². The summed E-state index contributed by atoms with van der Waals surface area (Å²) in [7, 11) is 1.83. The van der Waals surface area contributed by atoms with Crippen molar-refractivity contribution >= 4 is 34.7 Å². The van der Waals surface area contributed by atoms with E-state index in [1.54, 1.807) is 21.2 Å². The van der Waals surface area contributed by atoms with Crippen molar-refractivity contribution in [2.45, 2.75) is 37.5 Å². The smallest absolute Gasteiger partial charge is 0.323 e. The fraction of sp³-hybridized carbons (Fsp3) is 0.318. The van der Waals surface area contributed by atoms with Crippen LogP contribution in [0.4, 0.5) is 0 Å². The predicted octanol–water partition coefficient (Wildman–Crippen LogP) is 4.04. The molecule has 0 aliphatic rings. The van der Waals surface area contributed by atoms with Crippen LogP contribution in [0.1, 0.15) is 24.8 Å².